The maximum Gasteiger partial charge on any atom is 0.229 e. The van der Waals surface area contributed by atoms with Crippen LogP contribution in [0.1, 0.15) is 11.6 Å². The van der Waals surface area contributed by atoms with Gasteiger partial charge in [-0.15, -0.1) is 0 Å². The Bertz CT molecular complexity index is 1240. The first-order chi connectivity index (χ1) is 15.9. The molecule has 0 bridgehead atoms. The number of nitrogens with zero attached hydrogens (tertiary/aromatic N) is 6. The zero-order valence-electron chi connectivity index (χ0n) is 17.7. The predicted molar refractivity (Wildman–Crippen MR) is 117 cm³/mol. The van der Waals surface area contributed by atoms with Crippen molar-refractivity contribution >= 4 is 17.5 Å². The summed E-state index contributed by atoms with van der Waals surface area (Å²) in [4.78, 5) is 8.04. The summed E-state index contributed by atoms with van der Waals surface area (Å²) in [6, 6.07) is 3.49. The molecule has 0 amide bonds. The predicted octanol–water partition coefficient (Wildman–Crippen LogP) is 2.23. The van der Waals surface area contributed by atoms with Gasteiger partial charge in [-0.05, 0) is 29.3 Å². The monoisotopic (exact) mass is 456 g/mol. The summed E-state index contributed by atoms with van der Waals surface area (Å²) >= 11 is 0. The first kappa shape index (κ1) is 22.3. The molecule has 0 saturated heterocycles. The van der Waals surface area contributed by atoms with Crippen LogP contribution in [-0.4, -0.2) is 53.0 Å². The maximum absolute atomic E-state index is 14.4. The van der Waals surface area contributed by atoms with E-state index in [9.17, 15) is 13.9 Å². The third-order valence-corrected chi connectivity index (χ3v) is 4.82. The minimum atomic E-state index is -0.833. The van der Waals surface area contributed by atoms with Crippen LogP contribution in [0.3, 0.4) is 0 Å². The van der Waals surface area contributed by atoms with Crippen molar-refractivity contribution in [1.29, 1.82) is 0 Å². The number of nitrogens with one attached hydrogen (secondary N) is 2. The lowest BCUT2D eigenvalue weighted by Crippen LogP contribution is -2.17. The molecule has 4 aromatic rings. The van der Waals surface area contributed by atoms with Crippen LogP contribution in [0.5, 0.6) is 0 Å². The number of aliphatic hydroxyl groups is 2. The summed E-state index contributed by atoms with van der Waals surface area (Å²) in [7, 11) is 1.75. The van der Waals surface area contributed by atoms with Gasteiger partial charge in [-0.25, -0.2) is 13.8 Å². The van der Waals surface area contributed by atoms with Crippen LogP contribution in [0.15, 0.2) is 49.2 Å². The molecule has 4 N–H and O–H groups in total. The van der Waals surface area contributed by atoms with Crippen molar-refractivity contribution in [3.05, 3.63) is 66.4 Å². The normalized spacial score (nSPS) is 12.0. The van der Waals surface area contributed by atoms with Crippen molar-refractivity contribution in [2.24, 2.45) is 7.05 Å². The minimum absolute atomic E-state index is 0.0621. The summed E-state index contributed by atoms with van der Waals surface area (Å²) in [5, 5.41) is 32.8. The molecule has 0 fully saturated rings. The van der Waals surface area contributed by atoms with Crippen molar-refractivity contribution in [3.8, 4) is 11.1 Å². The van der Waals surface area contributed by atoms with Crippen LogP contribution in [0, 0.1) is 11.6 Å². The molecule has 12 heteroatoms. The van der Waals surface area contributed by atoms with Gasteiger partial charge in [0.05, 0.1) is 50.1 Å². The zero-order valence-corrected chi connectivity index (χ0v) is 17.7. The number of aryl methyl sites for hydroxylation is 1. The molecule has 0 radical (unpaired) electrons. The molecule has 1 unspecified atom stereocenters. The molecular formula is C21H22F2N8O2. The number of hydrogen-bond donors (Lipinski definition) is 4. The van der Waals surface area contributed by atoms with E-state index in [0.29, 0.717) is 28.9 Å². The third kappa shape index (κ3) is 5.30. The Labute approximate surface area is 187 Å². The van der Waals surface area contributed by atoms with E-state index in [2.05, 4.69) is 30.8 Å². The van der Waals surface area contributed by atoms with E-state index < -0.39 is 24.3 Å². The van der Waals surface area contributed by atoms with Crippen molar-refractivity contribution in [2.45, 2.75) is 12.6 Å². The summed E-state index contributed by atoms with van der Waals surface area (Å²) in [5.41, 5.74) is 2.24. The lowest BCUT2D eigenvalue weighted by Gasteiger charge is -2.19. The second-order valence-corrected chi connectivity index (χ2v) is 7.29. The van der Waals surface area contributed by atoms with Gasteiger partial charge in [-0.3, -0.25) is 9.36 Å². The average molecular weight is 456 g/mol. The average Bonchev–Trinajstić information content (AvgIpc) is 3.42. The van der Waals surface area contributed by atoms with Gasteiger partial charge in [-0.2, -0.15) is 15.2 Å². The fourth-order valence-electron chi connectivity index (χ4n) is 3.26. The summed E-state index contributed by atoms with van der Waals surface area (Å²) in [6.07, 6.45) is 7.48. The number of benzene rings is 1. The maximum atomic E-state index is 14.4. The molecule has 4 rings (SSSR count). The molecular weight excluding hydrogens is 434 g/mol. The van der Waals surface area contributed by atoms with Crippen molar-refractivity contribution in [1.82, 2.24) is 29.5 Å². The second-order valence-electron chi connectivity index (χ2n) is 7.29. The van der Waals surface area contributed by atoms with E-state index in [-0.39, 0.29) is 18.4 Å². The SMILES string of the molecule is Cn1cc(-c2cc(F)cc(C(CO)Nc3nc(Nc4cnn(CCO)c4)ncc3F)c2)cn1. The Balaban J connectivity index is 1.57. The topological polar surface area (TPSA) is 126 Å². The van der Waals surface area contributed by atoms with Crippen molar-refractivity contribution in [2.75, 3.05) is 23.8 Å². The second kappa shape index (κ2) is 9.71. The molecule has 10 nitrogen and oxygen atoms in total. The van der Waals surface area contributed by atoms with Gasteiger partial charge in [0.15, 0.2) is 11.6 Å². The summed E-state index contributed by atoms with van der Waals surface area (Å²) in [6.45, 7) is -0.172. The van der Waals surface area contributed by atoms with Gasteiger partial charge in [0, 0.05) is 25.0 Å². The third-order valence-electron chi connectivity index (χ3n) is 4.82. The highest BCUT2D eigenvalue weighted by atomic mass is 19.1. The van der Waals surface area contributed by atoms with E-state index >= 15 is 0 Å². The molecule has 0 spiro atoms. The molecule has 0 aliphatic carbocycles. The Morgan fingerprint density at radius 1 is 1.03 bits per heavy atom. The number of hydrogen-bond acceptors (Lipinski definition) is 8. The first-order valence-corrected chi connectivity index (χ1v) is 10.0. The van der Waals surface area contributed by atoms with Crippen LogP contribution < -0.4 is 10.6 Å². The highest BCUT2D eigenvalue weighted by molar-refractivity contribution is 5.63. The van der Waals surface area contributed by atoms with Crippen molar-refractivity contribution < 1.29 is 19.0 Å². The van der Waals surface area contributed by atoms with Crippen LogP contribution in [0.2, 0.25) is 0 Å². The van der Waals surface area contributed by atoms with E-state index in [0.717, 1.165) is 6.20 Å². The number of aliphatic hydroxyl groups excluding tert-OH is 2. The quantitative estimate of drug-likeness (QED) is 0.302. The number of aromatic nitrogens is 6. The van der Waals surface area contributed by atoms with Crippen LogP contribution in [-0.2, 0) is 13.6 Å². The molecule has 0 saturated carbocycles. The zero-order chi connectivity index (χ0) is 23.4. The largest absolute Gasteiger partial charge is 0.394 e. The molecule has 1 atom stereocenters. The van der Waals surface area contributed by atoms with E-state index in [1.807, 2.05) is 0 Å². The standard InChI is InChI=1S/C21H22F2N8O2/c1-30-10-15(7-25-30)13-4-14(6-16(22)5-13)19(12-33)28-20-18(23)9-24-21(29-20)27-17-8-26-31(11-17)2-3-32/h4-11,19,32-33H,2-3,12H2,1H3,(H2,24,27,28,29). The Kier molecular flexibility index (Phi) is 6.56. The van der Waals surface area contributed by atoms with Gasteiger partial charge in [-0.1, -0.05) is 0 Å². The molecule has 172 valence electrons. The minimum Gasteiger partial charge on any atom is -0.394 e. The summed E-state index contributed by atoms with van der Waals surface area (Å²) < 4.78 is 31.9. The van der Waals surface area contributed by atoms with E-state index in [1.165, 1.54) is 23.0 Å². The van der Waals surface area contributed by atoms with Crippen LogP contribution in [0.4, 0.5) is 26.2 Å². The fraction of sp³-hybridized carbons (Fsp3) is 0.238. The van der Waals surface area contributed by atoms with E-state index in [4.69, 9.17) is 5.11 Å². The molecule has 1 aromatic carbocycles. The lowest BCUT2D eigenvalue weighted by atomic mass is 10.0. The first-order valence-electron chi connectivity index (χ1n) is 10.0. The molecule has 0 aliphatic heterocycles. The molecule has 33 heavy (non-hydrogen) atoms. The Morgan fingerprint density at radius 3 is 2.61 bits per heavy atom. The highest BCUT2D eigenvalue weighted by Crippen LogP contribution is 2.27. The Morgan fingerprint density at radius 2 is 1.88 bits per heavy atom. The number of rotatable bonds is 9. The smallest absolute Gasteiger partial charge is 0.229 e. The molecule has 3 heterocycles. The lowest BCUT2D eigenvalue weighted by molar-refractivity contribution is 0.269. The van der Waals surface area contributed by atoms with Gasteiger partial charge < -0.3 is 20.8 Å². The van der Waals surface area contributed by atoms with Gasteiger partial charge in [0.2, 0.25) is 5.95 Å². The number of anilines is 3. The van der Waals surface area contributed by atoms with Gasteiger partial charge in [0.1, 0.15) is 5.82 Å². The van der Waals surface area contributed by atoms with Gasteiger partial charge in [0.25, 0.3) is 0 Å². The fourth-order valence-corrected chi connectivity index (χ4v) is 3.26. The van der Waals surface area contributed by atoms with Crippen LogP contribution >= 0.6 is 0 Å². The van der Waals surface area contributed by atoms with Crippen molar-refractivity contribution in [3.63, 3.8) is 0 Å². The highest BCUT2D eigenvalue weighted by Gasteiger charge is 2.17. The molecule has 3 aromatic heterocycles. The number of halogens is 2. The summed E-state index contributed by atoms with van der Waals surface area (Å²) in [5.74, 6) is -1.31. The molecule has 0 aliphatic rings. The Hall–Kier alpha value is -3.90. The van der Waals surface area contributed by atoms with Gasteiger partial charge >= 0.3 is 0 Å². The van der Waals surface area contributed by atoms with E-state index in [1.54, 1.807) is 36.4 Å². The van der Waals surface area contributed by atoms with Crippen LogP contribution in [0.25, 0.3) is 11.1 Å².